The number of hydrogen-bond acceptors (Lipinski definition) is 4. The fraction of sp³-hybridized carbons (Fsp3) is 0.250. The van der Waals surface area contributed by atoms with E-state index in [1.165, 1.54) is 20.9 Å². The summed E-state index contributed by atoms with van der Waals surface area (Å²) in [5.41, 5.74) is 16.0. The van der Waals surface area contributed by atoms with Crippen molar-refractivity contribution in [2.75, 3.05) is 11.5 Å². The van der Waals surface area contributed by atoms with E-state index in [4.69, 9.17) is 11.5 Å². The van der Waals surface area contributed by atoms with Gasteiger partial charge in [-0.3, -0.25) is 0 Å². The molecule has 2 nitrogen and oxygen atoms in total. The first-order valence-electron chi connectivity index (χ1n) is 6.75. The summed E-state index contributed by atoms with van der Waals surface area (Å²) in [7, 11) is 3.51. The van der Waals surface area contributed by atoms with Gasteiger partial charge in [-0.2, -0.15) is 0 Å². The molecule has 0 aliphatic heterocycles. The zero-order valence-electron chi connectivity index (χ0n) is 11.8. The Morgan fingerprint density at radius 1 is 0.750 bits per heavy atom. The molecule has 2 aromatic rings. The molecule has 0 saturated heterocycles. The van der Waals surface area contributed by atoms with Crippen LogP contribution in [0.25, 0.3) is 0 Å². The molecule has 0 bridgehead atoms. The lowest BCUT2D eigenvalue weighted by Gasteiger charge is -2.08. The monoisotopic (exact) mass is 304 g/mol. The third-order valence-electron chi connectivity index (χ3n) is 3.22. The number of rotatable bonds is 5. The minimum Gasteiger partial charge on any atom is -0.399 e. The molecular weight excluding hydrogens is 284 g/mol. The predicted molar refractivity (Wildman–Crippen MR) is 92.2 cm³/mol. The van der Waals surface area contributed by atoms with Crippen molar-refractivity contribution in [1.82, 2.24) is 0 Å². The van der Waals surface area contributed by atoms with Crippen LogP contribution in [0.5, 0.6) is 0 Å². The summed E-state index contributed by atoms with van der Waals surface area (Å²) >= 11 is 0. The molecule has 0 amide bonds. The van der Waals surface area contributed by atoms with Crippen LogP contribution in [0.3, 0.4) is 0 Å². The molecule has 0 fully saturated rings. The van der Waals surface area contributed by atoms with Gasteiger partial charge in [0.15, 0.2) is 0 Å². The predicted octanol–water partition coefficient (Wildman–Crippen LogP) is 4.78. The Labute approximate surface area is 128 Å². The van der Waals surface area contributed by atoms with Crippen molar-refractivity contribution in [3.8, 4) is 0 Å². The van der Waals surface area contributed by atoms with Crippen LogP contribution >= 0.6 is 21.6 Å². The first-order chi connectivity index (χ1) is 9.63. The Kier molecular flexibility index (Phi) is 5.26. The normalized spacial score (nSPS) is 10.7. The summed E-state index contributed by atoms with van der Waals surface area (Å²) in [5.74, 6) is 0. The van der Waals surface area contributed by atoms with E-state index in [0.717, 1.165) is 24.2 Å². The lowest BCUT2D eigenvalue weighted by Crippen LogP contribution is -1.92. The minimum absolute atomic E-state index is 0.877. The molecule has 4 heteroatoms. The maximum atomic E-state index is 5.93. The van der Waals surface area contributed by atoms with E-state index in [1.54, 1.807) is 21.6 Å². The van der Waals surface area contributed by atoms with Gasteiger partial charge in [0.05, 0.1) is 0 Å². The molecule has 0 aromatic heterocycles. The van der Waals surface area contributed by atoms with E-state index in [0.29, 0.717) is 0 Å². The van der Waals surface area contributed by atoms with Gasteiger partial charge in [-0.15, -0.1) is 0 Å². The van der Waals surface area contributed by atoms with Crippen LogP contribution in [0.2, 0.25) is 0 Å². The van der Waals surface area contributed by atoms with Gasteiger partial charge in [-0.1, -0.05) is 35.4 Å². The molecule has 106 valence electrons. The Morgan fingerprint density at radius 2 is 1.15 bits per heavy atom. The van der Waals surface area contributed by atoms with Gasteiger partial charge in [0.25, 0.3) is 0 Å². The summed E-state index contributed by atoms with van der Waals surface area (Å²) in [5, 5.41) is 0. The number of benzene rings is 2. The minimum atomic E-state index is 0.877. The quantitative estimate of drug-likeness (QED) is 0.617. The van der Waals surface area contributed by atoms with Crippen molar-refractivity contribution in [3.05, 3.63) is 47.5 Å². The maximum Gasteiger partial charge on any atom is 0.0347 e. The van der Waals surface area contributed by atoms with Gasteiger partial charge in [0, 0.05) is 21.2 Å². The van der Waals surface area contributed by atoms with Crippen LogP contribution < -0.4 is 11.5 Å². The number of anilines is 2. The van der Waals surface area contributed by atoms with Gasteiger partial charge in [-0.25, -0.2) is 0 Å². The van der Waals surface area contributed by atoms with E-state index in [9.17, 15) is 0 Å². The van der Waals surface area contributed by atoms with E-state index in [-0.39, 0.29) is 0 Å². The highest BCUT2D eigenvalue weighted by Crippen LogP contribution is 2.39. The second-order valence-corrected chi connectivity index (χ2v) is 6.87. The summed E-state index contributed by atoms with van der Waals surface area (Å²) in [6, 6.07) is 12.5. The Bertz CT molecular complexity index is 544. The molecule has 20 heavy (non-hydrogen) atoms. The SMILES string of the molecule is CCc1cc(SSc2ccc(N)c(CC)c2)ccc1N. The molecule has 0 atom stereocenters. The van der Waals surface area contributed by atoms with Crippen LogP contribution in [0, 0.1) is 0 Å². The van der Waals surface area contributed by atoms with Crippen molar-refractivity contribution in [1.29, 1.82) is 0 Å². The Morgan fingerprint density at radius 3 is 1.50 bits per heavy atom. The van der Waals surface area contributed by atoms with Gasteiger partial charge >= 0.3 is 0 Å². The fourth-order valence-electron chi connectivity index (χ4n) is 1.98. The molecule has 0 radical (unpaired) electrons. The fourth-order valence-corrected chi connectivity index (χ4v) is 4.00. The standard InChI is InChI=1S/C16H20N2S2/c1-3-11-9-13(5-7-15(11)17)19-20-14-6-8-16(18)12(4-2)10-14/h5-10H,3-4,17-18H2,1-2H3. The average Bonchev–Trinajstić information content (AvgIpc) is 2.47. The highest BCUT2D eigenvalue weighted by atomic mass is 33.1. The van der Waals surface area contributed by atoms with Crippen molar-refractivity contribution >= 4 is 33.0 Å². The molecular formula is C16H20N2S2. The number of hydrogen-bond donors (Lipinski definition) is 2. The number of nitrogens with two attached hydrogens (primary N) is 2. The van der Waals surface area contributed by atoms with E-state index >= 15 is 0 Å². The van der Waals surface area contributed by atoms with E-state index in [1.807, 2.05) is 12.1 Å². The lowest BCUT2D eigenvalue weighted by molar-refractivity contribution is 1.13. The van der Waals surface area contributed by atoms with Crippen LogP contribution in [0.1, 0.15) is 25.0 Å². The first-order valence-corrected chi connectivity index (χ1v) is 8.90. The van der Waals surface area contributed by atoms with Crippen LogP contribution in [-0.4, -0.2) is 0 Å². The summed E-state index contributed by atoms with van der Waals surface area (Å²) in [6.45, 7) is 4.25. The van der Waals surface area contributed by atoms with E-state index < -0.39 is 0 Å². The maximum absolute atomic E-state index is 5.93. The first kappa shape index (κ1) is 15.1. The van der Waals surface area contributed by atoms with Crippen LogP contribution in [0.4, 0.5) is 11.4 Å². The van der Waals surface area contributed by atoms with Gasteiger partial charge in [0.1, 0.15) is 0 Å². The highest BCUT2D eigenvalue weighted by Gasteiger charge is 2.04. The zero-order valence-corrected chi connectivity index (χ0v) is 13.5. The Hall–Kier alpha value is -1.26. The molecule has 0 aliphatic rings. The largest absolute Gasteiger partial charge is 0.399 e. The second kappa shape index (κ2) is 6.95. The zero-order chi connectivity index (χ0) is 14.5. The van der Waals surface area contributed by atoms with Crippen LogP contribution in [-0.2, 0) is 12.8 Å². The molecule has 0 unspecified atom stereocenters. The molecule has 2 rings (SSSR count). The second-order valence-electron chi connectivity index (χ2n) is 4.60. The summed E-state index contributed by atoms with van der Waals surface area (Å²) < 4.78 is 0. The van der Waals surface area contributed by atoms with Gasteiger partial charge in [0.2, 0.25) is 0 Å². The highest BCUT2D eigenvalue weighted by molar-refractivity contribution is 8.76. The molecule has 0 spiro atoms. The smallest absolute Gasteiger partial charge is 0.0347 e. The lowest BCUT2D eigenvalue weighted by atomic mass is 10.1. The van der Waals surface area contributed by atoms with E-state index in [2.05, 4.69) is 38.1 Å². The third kappa shape index (κ3) is 3.64. The van der Waals surface area contributed by atoms with Gasteiger partial charge in [-0.05, 0) is 60.4 Å². The average molecular weight is 304 g/mol. The van der Waals surface area contributed by atoms with Crippen molar-refractivity contribution in [2.45, 2.75) is 36.5 Å². The molecule has 2 aromatic carbocycles. The third-order valence-corrected chi connectivity index (χ3v) is 5.61. The van der Waals surface area contributed by atoms with Crippen molar-refractivity contribution in [2.24, 2.45) is 0 Å². The topological polar surface area (TPSA) is 52.0 Å². The Balaban J connectivity index is 2.08. The van der Waals surface area contributed by atoms with Gasteiger partial charge < -0.3 is 11.5 Å². The van der Waals surface area contributed by atoms with Crippen LogP contribution in [0.15, 0.2) is 46.2 Å². The van der Waals surface area contributed by atoms with Crippen molar-refractivity contribution < 1.29 is 0 Å². The molecule has 0 heterocycles. The molecule has 0 aliphatic carbocycles. The summed E-state index contributed by atoms with van der Waals surface area (Å²) in [6.07, 6.45) is 1.93. The molecule has 4 N–H and O–H groups in total. The number of nitrogen functional groups attached to an aromatic ring is 2. The number of aryl methyl sites for hydroxylation is 2. The van der Waals surface area contributed by atoms with Crippen molar-refractivity contribution in [3.63, 3.8) is 0 Å². The summed E-state index contributed by atoms with van der Waals surface area (Å²) in [4.78, 5) is 2.46. The molecule has 0 saturated carbocycles.